The van der Waals surface area contributed by atoms with Gasteiger partial charge in [0.1, 0.15) is 6.04 Å². The molecule has 0 bridgehead atoms. The van der Waals surface area contributed by atoms with Crippen LogP contribution in [-0.4, -0.2) is 47.4 Å². The van der Waals surface area contributed by atoms with Gasteiger partial charge in [0, 0.05) is 30.6 Å². The van der Waals surface area contributed by atoms with E-state index in [2.05, 4.69) is 16.3 Å². The Morgan fingerprint density at radius 3 is 2.46 bits per heavy atom. The second-order valence-electron chi connectivity index (χ2n) is 12.5. The molecule has 8 unspecified atom stereocenters. The third-order valence-corrected chi connectivity index (χ3v) is 10.6. The van der Waals surface area contributed by atoms with Crippen LogP contribution >= 0.6 is 0 Å². The van der Waals surface area contributed by atoms with Crippen molar-refractivity contribution >= 4 is 11.7 Å². The van der Waals surface area contributed by atoms with Crippen LogP contribution in [0.5, 0.6) is 0 Å². The van der Waals surface area contributed by atoms with Crippen LogP contribution in [0.1, 0.15) is 89.9 Å². The predicted octanol–water partition coefficient (Wildman–Crippen LogP) is 3.52. The highest BCUT2D eigenvalue weighted by Crippen LogP contribution is 2.49. The van der Waals surface area contributed by atoms with Crippen molar-refractivity contribution in [2.24, 2.45) is 47.0 Å². The van der Waals surface area contributed by atoms with E-state index in [4.69, 9.17) is 16.9 Å². The number of nitrogens with zero attached hydrogens (tertiary/aromatic N) is 2. The third-order valence-electron chi connectivity index (χ3n) is 10.6. The van der Waals surface area contributed by atoms with Gasteiger partial charge in [0.15, 0.2) is 0 Å². The van der Waals surface area contributed by atoms with Gasteiger partial charge in [-0.2, -0.15) is 5.26 Å². The molecule has 7 nitrogen and oxygen atoms in total. The van der Waals surface area contributed by atoms with Gasteiger partial charge in [-0.1, -0.05) is 32.1 Å². The molecule has 5 aliphatic rings. The fourth-order valence-electron chi connectivity index (χ4n) is 8.75. The molecule has 1 saturated heterocycles. The minimum atomic E-state index is -0.375. The second kappa shape index (κ2) is 10.8. The summed E-state index contributed by atoms with van der Waals surface area (Å²) in [6, 6.07) is 2.83. The Morgan fingerprint density at radius 1 is 0.971 bits per heavy atom. The minimum absolute atomic E-state index is 0.0572. The summed E-state index contributed by atoms with van der Waals surface area (Å²) in [5, 5.41) is 21.8. The van der Waals surface area contributed by atoms with E-state index in [1.165, 1.54) is 44.9 Å². The zero-order valence-corrected chi connectivity index (χ0v) is 21.3. The van der Waals surface area contributed by atoms with Gasteiger partial charge in [-0.05, 0) is 81.5 Å². The number of nitrogens with two attached hydrogens (primary N) is 2. The number of rotatable bonds is 5. The number of hydrogen-bond donors (Lipinski definition) is 4. The number of nitrogens with one attached hydrogen (secondary N) is 2. The van der Waals surface area contributed by atoms with Crippen LogP contribution < -0.4 is 16.8 Å². The first kappa shape index (κ1) is 25.0. The van der Waals surface area contributed by atoms with Gasteiger partial charge in [-0.3, -0.25) is 15.1 Å². The third kappa shape index (κ3) is 5.11. The predicted molar refractivity (Wildman–Crippen MR) is 137 cm³/mol. The number of carbonyl (C=O) groups excluding carboxylic acids is 1. The maximum atomic E-state index is 13.9. The molecular weight excluding hydrogens is 436 g/mol. The topological polar surface area (TPSA) is 132 Å². The molecule has 1 heterocycles. The number of carbonyl (C=O) groups is 1. The Kier molecular flexibility index (Phi) is 7.69. The molecule has 5 fully saturated rings. The number of nitriles is 1. The fraction of sp³-hybridized carbons (Fsp3) is 0.893. The number of amides is 1. The monoisotopic (exact) mass is 482 g/mol. The highest BCUT2D eigenvalue weighted by molar-refractivity contribution is 5.84. The normalized spacial score (nSPS) is 44.0. The van der Waals surface area contributed by atoms with Crippen LogP contribution in [-0.2, 0) is 4.79 Å². The summed E-state index contributed by atoms with van der Waals surface area (Å²) in [4.78, 5) is 16.3. The van der Waals surface area contributed by atoms with Crippen LogP contribution in [0, 0.1) is 52.2 Å². The first-order valence-electron chi connectivity index (χ1n) is 14.5. The molecule has 1 aliphatic heterocycles. The van der Waals surface area contributed by atoms with E-state index in [9.17, 15) is 10.1 Å². The molecule has 0 aromatic heterocycles. The number of likely N-dealkylation sites (tertiary alicyclic amines) is 1. The molecule has 6 N–H and O–H groups in total. The minimum Gasteiger partial charge on any atom is -0.387 e. The van der Waals surface area contributed by atoms with E-state index >= 15 is 0 Å². The molecule has 0 aromatic carbocycles. The van der Waals surface area contributed by atoms with Gasteiger partial charge in [0.05, 0.1) is 17.8 Å². The van der Waals surface area contributed by atoms with Crippen LogP contribution in [0.25, 0.3) is 0 Å². The highest BCUT2D eigenvalue weighted by Gasteiger charge is 2.55. The Morgan fingerprint density at radius 2 is 1.71 bits per heavy atom. The van der Waals surface area contributed by atoms with Crippen molar-refractivity contribution in [2.45, 2.75) is 114 Å². The molecule has 0 spiro atoms. The Hall–Kier alpha value is -1.65. The number of hydrogen-bond acceptors (Lipinski definition) is 5. The lowest BCUT2D eigenvalue weighted by molar-refractivity contribution is -0.128. The summed E-state index contributed by atoms with van der Waals surface area (Å²) in [6.45, 7) is 0.929. The van der Waals surface area contributed by atoms with Gasteiger partial charge in [-0.25, -0.2) is 0 Å². The SMILES string of the molecule is N#CC1C2CCC(C(=N)N)CC2N(CC2CCCC3CCCCC32)C1C(=O)NC1CCC(N)CC1. The number of fused-ring (bicyclic) bond motifs is 2. The molecule has 4 saturated carbocycles. The lowest BCUT2D eigenvalue weighted by Crippen LogP contribution is -2.54. The average molecular weight is 483 g/mol. The van der Waals surface area contributed by atoms with Gasteiger partial charge >= 0.3 is 0 Å². The smallest absolute Gasteiger partial charge is 0.238 e. The van der Waals surface area contributed by atoms with Crippen LogP contribution in [0.4, 0.5) is 0 Å². The highest BCUT2D eigenvalue weighted by atomic mass is 16.2. The quantitative estimate of drug-likeness (QED) is 0.352. The van der Waals surface area contributed by atoms with Crippen molar-refractivity contribution in [2.75, 3.05) is 6.54 Å². The Bertz CT molecular complexity index is 815. The molecule has 4 aliphatic carbocycles. The molecule has 0 aromatic rings. The Labute approximate surface area is 211 Å². The maximum Gasteiger partial charge on any atom is 0.238 e. The van der Waals surface area contributed by atoms with Crippen LogP contribution in [0.3, 0.4) is 0 Å². The van der Waals surface area contributed by atoms with E-state index in [0.717, 1.165) is 63.3 Å². The molecule has 194 valence electrons. The molecule has 0 radical (unpaired) electrons. The van der Waals surface area contributed by atoms with Gasteiger partial charge in [0.25, 0.3) is 0 Å². The van der Waals surface area contributed by atoms with E-state index < -0.39 is 0 Å². The Balaban J connectivity index is 1.39. The molecule has 1 amide bonds. The maximum absolute atomic E-state index is 13.9. The van der Waals surface area contributed by atoms with Gasteiger partial charge in [0.2, 0.25) is 5.91 Å². The summed E-state index contributed by atoms with van der Waals surface area (Å²) in [5.74, 6) is 2.58. The molecule has 35 heavy (non-hydrogen) atoms. The molecule has 8 atom stereocenters. The van der Waals surface area contributed by atoms with E-state index in [0.29, 0.717) is 5.92 Å². The van der Waals surface area contributed by atoms with Crippen molar-refractivity contribution < 1.29 is 4.79 Å². The van der Waals surface area contributed by atoms with Crippen molar-refractivity contribution in [3.63, 3.8) is 0 Å². The summed E-state index contributed by atoms with van der Waals surface area (Å²) in [7, 11) is 0. The summed E-state index contributed by atoms with van der Waals surface area (Å²) < 4.78 is 0. The average Bonchev–Trinajstić information content (AvgIpc) is 3.18. The van der Waals surface area contributed by atoms with E-state index in [1.807, 2.05) is 0 Å². The molecule has 7 heteroatoms. The molecular formula is C28H46N6O. The van der Waals surface area contributed by atoms with E-state index in [-0.39, 0.29) is 53.7 Å². The van der Waals surface area contributed by atoms with E-state index in [1.54, 1.807) is 0 Å². The summed E-state index contributed by atoms with van der Waals surface area (Å²) in [6.07, 6.45) is 15.7. The fourth-order valence-corrected chi connectivity index (χ4v) is 8.75. The van der Waals surface area contributed by atoms with Crippen LogP contribution in [0.15, 0.2) is 0 Å². The van der Waals surface area contributed by atoms with Crippen molar-refractivity contribution in [3.05, 3.63) is 0 Å². The number of amidine groups is 1. The lowest BCUT2D eigenvalue weighted by atomic mass is 9.65. The van der Waals surface area contributed by atoms with Crippen LogP contribution in [0.2, 0.25) is 0 Å². The first-order valence-corrected chi connectivity index (χ1v) is 14.5. The zero-order valence-electron chi connectivity index (χ0n) is 21.3. The van der Waals surface area contributed by atoms with Crippen molar-refractivity contribution in [3.8, 4) is 6.07 Å². The summed E-state index contributed by atoms with van der Waals surface area (Å²) in [5.41, 5.74) is 12.1. The molecule has 5 rings (SSSR count). The van der Waals surface area contributed by atoms with Gasteiger partial charge < -0.3 is 16.8 Å². The standard InChI is InChI=1S/C28H46N6O/c29-15-24-23-13-8-18(27(31)32)14-25(23)34(16-19-6-3-5-17-4-1-2-7-22(17)19)26(24)28(35)33-21-11-9-20(30)10-12-21/h17-26H,1-14,16,30H2,(H3,31,32)(H,33,35). The van der Waals surface area contributed by atoms with Crippen molar-refractivity contribution in [1.82, 2.24) is 10.2 Å². The second-order valence-corrected chi connectivity index (χ2v) is 12.5. The van der Waals surface area contributed by atoms with Gasteiger partial charge in [-0.15, -0.1) is 0 Å². The first-order chi connectivity index (χ1) is 17.0. The van der Waals surface area contributed by atoms with Crippen molar-refractivity contribution in [1.29, 1.82) is 10.7 Å². The summed E-state index contributed by atoms with van der Waals surface area (Å²) >= 11 is 0. The largest absolute Gasteiger partial charge is 0.387 e. The lowest BCUT2D eigenvalue weighted by Gasteiger charge is -2.45. The zero-order chi connectivity index (χ0) is 24.5.